The number of methoxy groups -OCH3 is 1. The number of nitrogens with two attached hydrogens (primary N) is 1. The van der Waals surface area contributed by atoms with Gasteiger partial charge in [0, 0.05) is 11.8 Å². The van der Waals surface area contributed by atoms with Gasteiger partial charge in [-0.15, -0.1) is 0 Å². The number of nitrogens with zero attached hydrogens (tertiary/aromatic N) is 2. The van der Waals surface area contributed by atoms with E-state index >= 15 is 0 Å². The molecule has 0 bridgehead atoms. The van der Waals surface area contributed by atoms with Gasteiger partial charge >= 0.3 is 5.97 Å². The number of hydrogen-bond donors (Lipinski definition) is 1. The van der Waals surface area contributed by atoms with Crippen molar-refractivity contribution in [1.29, 1.82) is 5.26 Å². The van der Waals surface area contributed by atoms with Crippen LogP contribution in [-0.2, 0) is 16.0 Å². The first kappa shape index (κ1) is 12.8. The van der Waals surface area contributed by atoms with Gasteiger partial charge in [0.15, 0.2) is 0 Å². The van der Waals surface area contributed by atoms with Crippen LogP contribution >= 0.6 is 0 Å². The monoisotopic (exact) mass is 241 g/mol. The van der Waals surface area contributed by atoms with E-state index in [0.717, 1.165) is 13.3 Å². The summed E-state index contributed by atoms with van der Waals surface area (Å²) in [5.74, 6) is -0.726. The Kier molecular flexibility index (Phi) is 3.93. The summed E-state index contributed by atoms with van der Waals surface area (Å²) in [6, 6.07) is 1.71. The van der Waals surface area contributed by atoms with Gasteiger partial charge in [0.2, 0.25) is 0 Å². The number of hydrogen-bond acceptors (Lipinski definition) is 5. The molecule has 0 radical (unpaired) electrons. The molecule has 0 amide bonds. The number of anilines is 1. The minimum atomic E-state index is -2.87. The van der Waals surface area contributed by atoms with Crippen LogP contribution in [0.1, 0.15) is 23.2 Å². The van der Waals surface area contributed by atoms with Crippen molar-refractivity contribution in [2.75, 3.05) is 12.8 Å². The smallest absolute Gasteiger partial charge is 0.310 e. The zero-order valence-electron chi connectivity index (χ0n) is 8.91. The molecule has 17 heavy (non-hydrogen) atoms. The number of alkyl halides is 2. The summed E-state index contributed by atoms with van der Waals surface area (Å²) < 4.78 is 29.7. The van der Waals surface area contributed by atoms with E-state index in [1.807, 2.05) is 0 Å². The molecule has 1 rings (SSSR count). The highest BCUT2D eigenvalue weighted by atomic mass is 19.3. The summed E-state index contributed by atoms with van der Waals surface area (Å²) in [4.78, 5) is 14.5. The molecule has 0 saturated heterocycles. The van der Waals surface area contributed by atoms with Gasteiger partial charge in [0.25, 0.3) is 6.43 Å². The molecule has 0 aliphatic rings. The van der Waals surface area contributed by atoms with E-state index in [9.17, 15) is 13.6 Å². The van der Waals surface area contributed by atoms with Crippen LogP contribution in [0.15, 0.2) is 6.20 Å². The van der Waals surface area contributed by atoms with E-state index in [1.54, 1.807) is 6.07 Å². The Morgan fingerprint density at radius 3 is 2.82 bits per heavy atom. The lowest BCUT2D eigenvalue weighted by Crippen LogP contribution is -2.12. The highest BCUT2D eigenvalue weighted by Gasteiger charge is 2.21. The van der Waals surface area contributed by atoms with E-state index in [4.69, 9.17) is 11.0 Å². The maximum atomic E-state index is 12.6. The molecule has 0 atom stereocenters. The summed E-state index contributed by atoms with van der Waals surface area (Å²) >= 11 is 0. The van der Waals surface area contributed by atoms with Crippen molar-refractivity contribution >= 4 is 11.7 Å². The Morgan fingerprint density at radius 1 is 1.71 bits per heavy atom. The average molecular weight is 241 g/mol. The lowest BCUT2D eigenvalue weighted by Gasteiger charge is -2.10. The number of carbonyl (C=O) groups is 1. The molecule has 1 aromatic heterocycles. The summed E-state index contributed by atoms with van der Waals surface area (Å²) in [5, 5.41) is 8.69. The van der Waals surface area contributed by atoms with E-state index in [-0.39, 0.29) is 16.8 Å². The SMILES string of the molecule is COC(=O)Cc1c(C(F)F)ncc(C#N)c1N. The summed E-state index contributed by atoms with van der Waals surface area (Å²) in [5.41, 5.74) is 4.55. The normalized spacial score (nSPS) is 10.1. The van der Waals surface area contributed by atoms with Crippen LogP contribution in [0.5, 0.6) is 0 Å². The van der Waals surface area contributed by atoms with Crippen molar-refractivity contribution in [2.45, 2.75) is 12.8 Å². The number of rotatable bonds is 3. The molecule has 7 heteroatoms. The van der Waals surface area contributed by atoms with E-state index in [0.29, 0.717) is 0 Å². The van der Waals surface area contributed by atoms with Gasteiger partial charge in [-0.1, -0.05) is 0 Å². The molecule has 0 spiro atoms. The fourth-order valence-electron chi connectivity index (χ4n) is 1.26. The maximum Gasteiger partial charge on any atom is 0.310 e. The third-order valence-electron chi connectivity index (χ3n) is 2.13. The van der Waals surface area contributed by atoms with E-state index in [1.165, 1.54) is 0 Å². The third kappa shape index (κ3) is 2.66. The lowest BCUT2D eigenvalue weighted by molar-refractivity contribution is -0.139. The number of esters is 1. The van der Waals surface area contributed by atoms with Gasteiger partial charge < -0.3 is 10.5 Å². The second-order valence-corrected chi connectivity index (χ2v) is 3.11. The number of nitrogen functional groups attached to an aromatic ring is 1. The minimum Gasteiger partial charge on any atom is -0.469 e. The van der Waals surface area contributed by atoms with Crippen LogP contribution in [0.4, 0.5) is 14.5 Å². The van der Waals surface area contributed by atoms with Crippen molar-refractivity contribution < 1.29 is 18.3 Å². The molecule has 0 unspecified atom stereocenters. The number of nitriles is 1. The van der Waals surface area contributed by atoms with Crippen LogP contribution in [0.25, 0.3) is 0 Å². The second-order valence-electron chi connectivity index (χ2n) is 3.11. The van der Waals surface area contributed by atoms with Gasteiger partial charge in [-0.25, -0.2) is 8.78 Å². The molecule has 1 heterocycles. The standard InChI is InChI=1S/C10H9F2N3O2/c1-17-7(16)2-6-8(14)5(3-13)4-15-9(6)10(11)12/h4,10H,2H2,1H3,(H2,14,15). The van der Waals surface area contributed by atoms with Crippen LogP contribution < -0.4 is 5.73 Å². The van der Waals surface area contributed by atoms with Crippen LogP contribution in [-0.4, -0.2) is 18.1 Å². The zero-order valence-corrected chi connectivity index (χ0v) is 8.91. The van der Waals surface area contributed by atoms with Crippen molar-refractivity contribution in [3.05, 3.63) is 23.0 Å². The van der Waals surface area contributed by atoms with Crippen LogP contribution in [0, 0.1) is 11.3 Å². The van der Waals surface area contributed by atoms with Gasteiger partial charge in [0.05, 0.1) is 24.8 Å². The molecule has 0 saturated carbocycles. The number of ether oxygens (including phenoxy) is 1. The fourth-order valence-corrected chi connectivity index (χ4v) is 1.26. The molecular formula is C10H9F2N3O2. The highest BCUT2D eigenvalue weighted by molar-refractivity contribution is 5.76. The van der Waals surface area contributed by atoms with Gasteiger partial charge in [0.1, 0.15) is 11.8 Å². The number of halogens is 2. The molecule has 0 fully saturated rings. The fraction of sp³-hybridized carbons (Fsp3) is 0.300. The first-order valence-electron chi connectivity index (χ1n) is 4.53. The number of pyridine rings is 1. The maximum absolute atomic E-state index is 12.6. The van der Waals surface area contributed by atoms with Crippen LogP contribution in [0.3, 0.4) is 0 Å². The van der Waals surface area contributed by atoms with Crippen molar-refractivity contribution in [2.24, 2.45) is 0 Å². The Balaban J connectivity index is 3.31. The molecular weight excluding hydrogens is 232 g/mol. The molecule has 5 nitrogen and oxygen atoms in total. The van der Waals surface area contributed by atoms with Crippen molar-refractivity contribution in [3.63, 3.8) is 0 Å². The molecule has 0 aliphatic carbocycles. The minimum absolute atomic E-state index is 0.0479. The Labute approximate surface area is 95.8 Å². The highest BCUT2D eigenvalue weighted by Crippen LogP contribution is 2.27. The van der Waals surface area contributed by atoms with Crippen molar-refractivity contribution in [1.82, 2.24) is 4.98 Å². The van der Waals surface area contributed by atoms with Crippen molar-refractivity contribution in [3.8, 4) is 6.07 Å². The topological polar surface area (TPSA) is 89.0 Å². The Bertz CT molecular complexity index is 483. The number of carbonyl (C=O) groups excluding carboxylic acids is 1. The Morgan fingerprint density at radius 2 is 2.35 bits per heavy atom. The lowest BCUT2D eigenvalue weighted by atomic mass is 10.0. The molecule has 2 N–H and O–H groups in total. The Hall–Kier alpha value is -2.23. The van der Waals surface area contributed by atoms with Crippen LogP contribution in [0.2, 0.25) is 0 Å². The summed E-state index contributed by atoms with van der Waals surface area (Å²) in [7, 11) is 1.13. The zero-order chi connectivity index (χ0) is 13.0. The second kappa shape index (κ2) is 5.21. The number of aromatic nitrogens is 1. The largest absolute Gasteiger partial charge is 0.469 e. The first-order chi connectivity index (χ1) is 8.01. The van der Waals surface area contributed by atoms with Gasteiger partial charge in [-0.05, 0) is 0 Å². The van der Waals surface area contributed by atoms with Gasteiger partial charge in [-0.3, -0.25) is 9.78 Å². The predicted octanol–water partition coefficient (Wildman–Crippen LogP) is 1.19. The molecule has 0 aliphatic heterocycles. The van der Waals surface area contributed by atoms with Gasteiger partial charge in [-0.2, -0.15) is 5.26 Å². The van der Waals surface area contributed by atoms with E-state index < -0.39 is 24.5 Å². The molecule has 90 valence electrons. The van der Waals surface area contributed by atoms with E-state index in [2.05, 4.69) is 9.72 Å². The predicted molar refractivity (Wildman–Crippen MR) is 54.0 cm³/mol. The quantitative estimate of drug-likeness (QED) is 0.803. The first-order valence-corrected chi connectivity index (χ1v) is 4.53. The average Bonchev–Trinajstić information content (AvgIpc) is 2.30. The summed E-state index contributed by atoms with van der Waals surface area (Å²) in [6.45, 7) is 0. The third-order valence-corrected chi connectivity index (χ3v) is 2.13. The molecule has 0 aromatic carbocycles. The summed E-state index contributed by atoms with van der Waals surface area (Å²) in [6.07, 6.45) is -2.35. The molecule has 1 aromatic rings.